The molecule has 1 heterocycles. The largest absolute Gasteiger partial charge is 0.492 e. The molecule has 1 aromatic carbocycles. The highest BCUT2D eigenvalue weighted by atomic mass is 79.9. The van der Waals surface area contributed by atoms with Crippen molar-refractivity contribution in [1.82, 2.24) is 10.3 Å². The Bertz CT molecular complexity index is 502. The van der Waals surface area contributed by atoms with Gasteiger partial charge in [-0.3, -0.25) is 4.98 Å². The average Bonchev–Trinajstić information content (AvgIpc) is 2.48. The van der Waals surface area contributed by atoms with Gasteiger partial charge in [-0.2, -0.15) is 0 Å². The first-order valence-corrected chi connectivity index (χ1v) is 7.59. The van der Waals surface area contributed by atoms with Crippen LogP contribution in [0.1, 0.15) is 12.6 Å². The van der Waals surface area contributed by atoms with Gasteiger partial charge >= 0.3 is 0 Å². The maximum absolute atomic E-state index is 5.82. The summed E-state index contributed by atoms with van der Waals surface area (Å²) < 4.78 is 6.82. The summed E-state index contributed by atoms with van der Waals surface area (Å²) in [4.78, 5) is 4.41. The van der Waals surface area contributed by atoms with Crippen LogP contribution in [0.2, 0.25) is 0 Å². The van der Waals surface area contributed by atoms with E-state index in [-0.39, 0.29) is 6.04 Å². The number of pyridine rings is 1. The fourth-order valence-electron chi connectivity index (χ4n) is 1.97. The quantitative estimate of drug-likeness (QED) is 0.842. The standard InChI is InChI=1S/C16H19BrN2O/c1-2-18-15(10-14-9-8-13(17)11-19-14)12-20-16-6-4-3-5-7-16/h3-9,11,15,18H,2,10,12H2,1H3. The Kier molecular flexibility index (Phi) is 6.02. The predicted octanol–water partition coefficient (Wildman–Crippen LogP) is 3.44. The third-order valence-electron chi connectivity index (χ3n) is 2.93. The Labute approximate surface area is 128 Å². The lowest BCUT2D eigenvalue weighted by atomic mass is 10.1. The molecule has 1 N–H and O–H groups in total. The summed E-state index contributed by atoms with van der Waals surface area (Å²) in [6, 6.07) is 14.2. The summed E-state index contributed by atoms with van der Waals surface area (Å²) in [5, 5.41) is 3.44. The molecule has 1 unspecified atom stereocenters. The van der Waals surface area contributed by atoms with Gasteiger partial charge in [-0.15, -0.1) is 0 Å². The number of nitrogens with one attached hydrogen (secondary N) is 1. The molecule has 0 bridgehead atoms. The van der Waals surface area contributed by atoms with E-state index in [0.717, 1.165) is 28.9 Å². The molecule has 20 heavy (non-hydrogen) atoms. The van der Waals surface area contributed by atoms with Crippen molar-refractivity contribution >= 4 is 15.9 Å². The van der Waals surface area contributed by atoms with E-state index in [2.05, 4.69) is 33.2 Å². The van der Waals surface area contributed by atoms with Crippen LogP contribution in [0.4, 0.5) is 0 Å². The molecule has 0 amide bonds. The van der Waals surface area contributed by atoms with Crippen LogP contribution in [-0.2, 0) is 6.42 Å². The second-order valence-corrected chi connectivity index (χ2v) is 5.47. The van der Waals surface area contributed by atoms with Crippen molar-refractivity contribution in [1.29, 1.82) is 0 Å². The van der Waals surface area contributed by atoms with Crippen LogP contribution in [0.15, 0.2) is 53.1 Å². The number of ether oxygens (including phenoxy) is 1. The van der Waals surface area contributed by atoms with Gasteiger partial charge < -0.3 is 10.1 Å². The van der Waals surface area contributed by atoms with Crippen molar-refractivity contribution in [3.63, 3.8) is 0 Å². The summed E-state index contributed by atoms with van der Waals surface area (Å²) in [6.45, 7) is 3.65. The molecular formula is C16H19BrN2O. The molecular weight excluding hydrogens is 316 g/mol. The highest BCUT2D eigenvalue weighted by Crippen LogP contribution is 2.11. The van der Waals surface area contributed by atoms with Crippen molar-refractivity contribution in [2.75, 3.05) is 13.2 Å². The van der Waals surface area contributed by atoms with Crippen LogP contribution < -0.4 is 10.1 Å². The van der Waals surface area contributed by atoms with E-state index in [1.165, 1.54) is 0 Å². The Morgan fingerprint density at radius 2 is 2.00 bits per heavy atom. The summed E-state index contributed by atoms with van der Waals surface area (Å²) in [5.41, 5.74) is 1.07. The van der Waals surface area contributed by atoms with E-state index in [9.17, 15) is 0 Å². The average molecular weight is 335 g/mol. The second-order valence-electron chi connectivity index (χ2n) is 4.55. The monoisotopic (exact) mass is 334 g/mol. The Morgan fingerprint density at radius 1 is 1.20 bits per heavy atom. The molecule has 106 valence electrons. The minimum Gasteiger partial charge on any atom is -0.492 e. The van der Waals surface area contributed by atoms with Crippen LogP contribution in [0.5, 0.6) is 5.75 Å². The van der Waals surface area contributed by atoms with Gasteiger partial charge in [-0.05, 0) is 46.7 Å². The molecule has 0 aliphatic heterocycles. The van der Waals surface area contributed by atoms with Gasteiger partial charge in [0.2, 0.25) is 0 Å². The molecule has 2 aromatic rings. The number of benzene rings is 1. The smallest absolute Gasteiger partial charge is 0.119 e. The van der Waals surface area contributed by atoms with Gasteiger partial charge in [-0.25, -0.2) is 0 Å². The lowest BCUT2D eigenvalue weighted by molar-refractivity contribution is 0.264. The maximum atomic E-state index is 5.82. The summed E-state index contributed by atoms with van der Waals surface area (Å²) in [7, 11) is 0. The van der Waals surface area contributed by atoms with Gasteiger partial charge in [0, 0.05) is 28.8 Å². The fraction of sp³-hybridized carbons (Fsp3) is 0.312. The van der Waals surface area contributed by atoms with Crippen LogP contribution in [0, 0.1) is 0 Å². The van der Waals surface area contributed by atoms with Crippen molar-refractivity contribution in [3.05, 3.63) is 58.8 Å². The molecule has 3 nitrogen and oxygen atoms in total. The SMILES string of the molecule is CCNC(COc1ccccc1)Cc1ccc(Br)cn1. The van der Waals surface area contributed by atoms with Crippen molar-refractivity contribution < 1.29 is 4.74 Å². The third-order valence-corrected chi connectivity index (χ3v) is 3.40. The molecule has 1 atom stereocenters. The molecule has 0 spiro atoms. The van der Waals surface area contributed by atoms with E-state index in [1.807, 2.05) is 48.7 Å². The lowest BCUT2D eigenvalue weighted by Crippen LogP contribution is -2.36. The number of aromatic nitrogens is 1. The Balaban J connectivity index is 1.91. The molecule has 4 heteroatoms. The van der Waals surface area contributed by atoms with Gasteiger partial charge in [-0.1, -0.05) is 25.1 Å². The van der Waals surface area contributed by atoms with Crippen LogP contribution in [0.3, 0.4) is 0 Å². The van der Waals surface area contributed by atoms with Gasteiger partial charge in [0.15, 0.2) is 0 Å². The Morgan fingerprint density at radius 3 is 2.65 bits per heavy atom. The molecule has 2 rings (SSSR count). The van der Waals surface area contributed by atoms with E-state index in [4.69, 9.17) is 4.74 Å². The molecule has 0 aliphatic carbocycles. The number of nitrogens with zero attached hydrogens (tertiary/aromatic N) is 1. The minimum absolute atomic E-state index is 0.258. The fourth-order valence-corrected chi connectivity index (χ4v) is 2.21. The van der Waals surface area contributed by atoms with Crippen LogP contribution >= 0.6 is 15.9 Å². The third kappa shape index (κ3) is 4.94. The van der Waals surface area contributed by atoms with E-state index in [1.54, 1.807) is 0 Å². The van der Waals surface area contributed by atoms with E-state index < -0.39 is 0 Å². The van der Waals surface area contributed by atoms with Crippen molar-refractivity contribution in [3.8, 4) is 5.75 Å². The normalized spacial score (nSPS) is 12.1. The van der Waals surface area contributed by atoms with Gasteiger partial charge in [0.1, 0.15) is 12.4 Å². The summed E-state index contributed by atoms with van der Waals surface area (Å²) in [5.74, 6) is 0.902. The molecule has 0 saturated carbocycles. The zero-order valence-corrected chi connectivity index (χ0v) is 13.1. The number of hydrogen-bond acceptors (Lipinski definition) is 3. The summed E-state index contributed by atoms with van der Waals surface area (Å²) >= 11 is 3.40. The highest BCUT2D eigenvalue weighted by molar-refractivity contribution is 9.10. The van der Waals surface area contributed by atoms with E-state index in [0.29, 0.717) is 6.61 Å². The van der Waals surface area contributed by atoms with Gasteiger partial charge in [0.05, 0.1) is 0 Å². The zero-order chi connectivity index (χ0) is 14.2. The highest BCUT2D eigenvalue weighted by Gasteiger charge is 2.10. The topological polar surface area (TPSA) is 34.1 Å². The molecule has 0 fully saturated rings. The second kappa shape index (κ2) is 8.02. The molecule has 0 saturated heterocycles. The van der Waals surface area contributed by atoms with Crippen LogP contribution in [0.25, 0.3) is 0 Å². The first-order chi connectivity index (χ1) is 9.78. The lowest BCUT2D eigenvalue weighted by Gasteiger charge is -2.18. The van der Waals surface area contributed by atoms with Crippen molar-refractivity contribution in [2.45, 2.75) is 19.4 Å². The molecule has 0 aliphatic rings. The number of likely N-dealkylation sites (N-methyl/N-ethyl adjacent to an activating group) is 1. The van der Waals surface area contributed by atoms with Gasteiger partial charge in [0.25, 0.3) is 0 Å². The van der Waals surface area contributed by atoms with E-state index >= 15 is 0 Å². The number of hydrogen-bond donors (Lipinski definition) is 1. The van der Waals surface area contributed by atoms with Crippen LogP contribution in [-0.4, -0.2) is 24.2 Å². The summed E-state index contributed by atoms with van der Waals surface area (Å²) in [6.07, 6.45) is 2.68. The molecule has 1 aromatic heterocycles. The first kappa shape index (κ1) is 15.0. The Hall–Kier alpha value is -1.39. The van der Waals surface area contributed by atoms with Crippen molar-refractivity contribution in [2.24, 2.45) is 0 Å². The minimum atomic E-state index is 0.258. The first-order valence-electron chi connectivity index (χ1n) is 6.79. The predicted molar refractivity (Wildman–Crippen MR) is 85.0 cm³/mol. The zero-order valence-electron chi connectivity index (χ0n) is 11.6. The number of rotatable bonds is 7. The molecule has 0 radical (unpaired) electrons. The number of para-hydroxylation sites is 1. The maximum Gasteiger partial charge on any atom is 0.119 e. The number of halogens is 1.